The summed E-state index contributed by atoms with van der Waals surface area (Å²) in [4.78, 5) is 20.6. The molecule has 0 unspecified atom stereocenters. The topological polar surface area (TPSA) is 54.9 Å². The Hall–Kier alpha value is -2.17. The van der Waals surface area contributed by atoms with Crippen molar-refractivity contribution in [2.45, 2.75) is 6.54 Å². The van der Waals surface area contributed by atoms with Gasteiger partial charge >= 0.3 is 0 Å². The molecule has 1 amide bonds. The van der Waals surface area contributed by atoms with Gasteiger partial charge in [0.15, 0.2) is 0 Å². The van der Waals surface area contributed by atoms with Gasteiger partial charge in [-0.25, -0.2) is 0 Å². The van der Waals surface area contributed by atoms with Crippen LogP contribution >= 0.6 is 23.2 Å². The monoisotopic (exact) mass is 331 g/mol. The fourth-order valence-electron chi connectivity index (χ4n) is 2.07. The van der Waals surface area contributed by atoms with Crippen molar-refractivity contribution in [3.63, 3.8) is 0 Å². The highest BCUT2D eigenvalue weighted by atomic mass is 35.5. The molecular weight excluding hydrogens is 321 g/mol. The fourth-order valence-corrected chi connectivity index (χ4v) is 2.56. The first-order valence-electron chi connectivity index (χ1n) is 6.56. The van der Waals surface area contributed by atoms with Gasteiger partial charge < -0.3 is 5.32 Å². The average molecular weight is 332 g/mol. The third-order valence-corrected chi connectivity index (χ3v) is 3.71. The third-order valence-electron chi connectivity index (χ3n) is 3.16. The molecule has 22 heavy (non-hydrogen) atoms. The Balaban J connectivity index is 1.74. The molecule has 0 atom stereocenters. The van der Waals surface area contributed by atoms with Crippen molar-refractivity contribution in [2.24, 2.45) is 0 Å². The molecule has 0 spiro atoms. The highest BCUT2D eigenvalue weighted by Gasteiger charge is 2.10. The second kappa shape index (κ2) is 6.30. The summed E-state index contributed by atoms with van der Waals surface area (Å²) in [5.74, 6) is -0.249. The van der Waals surface area contributed by atoms with Crippen molar-refractivity contribution in [1.82, 2.24) is 15.3 Å². The minimum Gasteiger partial charge on any atom is -0.348 e. The quantitative estimate of drug-likeness (QED) is 0.792. The van der Waals surface area contributed by atoms with E-state index in [2.05, 4.69) is 15.3 Å². The first-order valence-corrected chi connectivity index (χ1v) is 7.32. The van der Waals surface area contributed by atoms with Crippen LogP contribution in [0.2, 0.25) is 10.0 Å². The van der Waals surface area contributed by atoms with Gasteiger partial charge in [-0.1, -0.05) is 29.3 Å². The van der Waals surface area contributed by atoms with Gasteiger partial charge in [-0.15, -0.1) is 0 Å². The van der Waals surface area contributed by atoms with E-state index in [0.717, 1.165) is 16.6 Å². The molecule has 6 heteroatoms. The molecule has 110 valence electrons. The summed E-state index contributed by atoms with van der Waals surface area (Å²) in [6.45, 7) is 0.379. The van der Waals surface area contributed by atoms with E-state index in [9.17, 15) is 4.79 Å². The summed E-state index contributed by atoms with van der Waals surface area (Å²) >= 11 is 11.8. The van der Waals surface area contributed by atoms with Crippen molar-refractivity contribution in [3.05, 3.63) is 70.0 Å². The number of carbonyl (C=O) groups excluding carboxylic acids is 1. The highest BCUT2D eigenvalue weighted by molar-refractivity contribution is 6.36. The molecule has 0 aliphatic heterocycles. The maximum Gasteiger partial charge on any atom is 0.253 e. The molecule has 0 fully saturated rings. The zero-order valence-electron chi connectivity index (χ0n) is 11.4. The van der Waals surface area contributed by atoms with Crippen LogP contribution in [0.3, 0.4) is 0 Å². The van der Waals surface area contributed by atoms with Crippen LogP contribution in [0.5, 0.6) is 0 Å². The molecule has 1 heterocycles. The minimum atomic E-state index is -0.249. The number of nitrogens with zero attached hydrogens (tertiary/aromatic N) is 2. The van der Waals surface area contributed by atoms with Crippen LogP contribution in [0.1, 0.15) is 15.9 Å². The lowest BCUT2D eigenvalue weighted by Gasteiger charge is -2.07. The van der Waals surface area contributed by atoms with Crippen LogP contribution in [0.15, 0.2) is 48.8 Å². The number of aromatic nitrogens is 2. The number of fused-ring (bicyclic) bond motifs is 1. The number of benzene rings is 2. The minimum absolute atomic E-state index is 0.249. The first-order chi connectivity index (χ1) is 10.6. The smallest absolute Gasteiger partial charge is 0.253 e. The molecule has 1 N–H and O–H groups in total. The van der Waals surface area contributed by atoms with E-state index in [-0.39, 0.29) is 5.91 Å². The van der Waals surface area contributed by atoms with Crippen LogP contribution in [-0.2, 0) is 6.54 Å². The molecule has 0 saturated carbocycles. The van der Waals surface area contributed by atoms with E-state index >= 15 is 0 Å². The van der Waals surface area contributed by atoms with Gasteiger partial charge in [0.1, 0.15) is 0 Å². The van der Waals surface area contributed by atoms with E-state index < -0.39 is 0 Å². The van der Waals surface area contributed by atoms with Crippen LogP contribution < -0.4 is 5.32 Å². The van der Waals surface area contributed by atoms with Gasteiger partial charge in [-0.2, -0.15) is 0 Å². The lowest BCUT2D eigenvalue weighted by molar-refractivity contribution is 0.0951. The molecule has 1 aromatic heterocycles. The number of nitrogens with one attached hydrogen (secondary N) is 1. The second-order valence-electron chi connectivity index (χ2n) is 4.69. The maximum absolute atomic E-state index is 12.1. The summed E-state index contributed by atoms with van der Waals surface area (Å²) in [6.07, 6.45) is 3.28. The van der Waals surface area contributed by atoms with Gasteiger partial charge in [0, 0.05) is 24.0 Å². The molecule has 4 nitrogen and oxygen atoms in total. The molecule has 0 radical (unpaired) electrons. The number of halogens is 2. The molecule has 0 bridgehead atoms. The molecular formula is C16H11Cl2N3O. The summed E-state index contributed by atoms with van der Waals surface area (Å²) in [6, 6.07) is 10.5. The summed E-state index contributed by atoms with van der Waals surface area (Å²) in [5, 5.41) is 3.65. The predicted octanol–water partition coefficient (Wildman–Crippen LogP) is 3.87. The lowest BCUT2D eigenvalue weighted by Crippen LogP contribution is -2.23. The van der Waals surface area contributed by atoms with Gasteiger partial charge in [0.25, 0.3) is 5.91 Å². The first kappa shape index (κ1) is 14.8. The lowest BCUT2D eigenvalue weighted by atomic mass is 10.1. The van der Waals surface area contributed by atoms with Crippen LogP contribution in [0.4, 0.5) is 0 Å². The van der Waals surface area contributed by atoms with Crippen LogP contribution in [0, 0.1) is 0 Å². The summed E-state index contributed by atoms with van der Waals surface area (Å²) in [7, 11) is 0. The van der Waals surface area contributed by atoms with Gasteiger partial charge in [0.2, 0.25) is 0 Å². The number of hydrogen-bond acceptors (Lipinski definition) is 3. The van der Waals surface area contributed by atoms with E-state index in [4.69, 9.17) is 23.2 Å². The van der Waals surface area contributed by atoms with Crippen molar-refractivity contribution in [2.75, 3.05) is 0 Å². The number of hydrogen-bond donors (Lipinski definition) is 1. The zero-order chi connectivity index (χ0) is 15.5. The van der Waals surface area contributed by atoms with Crippen molar-refractivity contribution in [3.8, 4) is 0 Å². The molecule has 0 aliphatic carbocycles. The highest BCUT2D eigenvalue weighted by Crippen LogP contribution is 2.21. The molecule has 0 saturated heterocycles. The number of rotatable bonds is 3. The summed E-state index contributed by atoms with van der Waals surface area (Å²) < 4.78 is 0. The average Bonchev–Trinajstić information content (AvgIpc) is 2.52. The normalized spacial score (nSPS) is 10.6. The Kier molecular flexibility index (Phi) is 4.22. The van der Waals surface area contributed by atoms with Crippen molar-refractivity contribution < 1.29 is 4.79 Å². The largest absolute Gasteiger partial charge is 0.348 e. The Morgan fingerprint density at radius 1 is 1.00 bits per heavy atom. The molecule has 0 aliphatic rings. The Morgan fingerprint density at radius 2 is 1.77 bits per heavy atom. The Bertz CT molecular complexity index is 852. The summed E-state index contributed by atoms with van der Waals surface area (Å²) in [5.41, 5.74) is 2.94. The number of amides is 1. The molecule has 3 aromatic rings. The predicted molar refractivity (Wildman–Crippen MR) is 87.2 cm³/mol. The van der Waals surface area contributed by atoms with E-state index in [1.807, 2.05) is 18.2 Å². The molecule has 3 rings (SSSR count). The van der Waals surface area contributed by atoms with E-state index in [1.165, 1.54) is 0 Å². The van der Waals surface area contributed by atoms with E-state index in [1.54, 1.807) is 30.6 Å². The molecule has 2 aromatic carbocycles. The van der Waals surface area contributed by atoms with Gasteiger partial charge in [0.05, 0.1) is 21.6 Å². The SMILES string of the molecule is O=C(NCc1ccc2nccnc2c1)c1ccc(Cl)cc1Cl. The third kappa shape index (κ3) is 3.18. The van der Waals surface area contributed by atoms with E-state index in [0.29, 0.717) is 22.2 Å². The second-order valence-corrected chi connectivity index (χ2v) is 5.53. The van der Waals surface area contributed by atoms with Gasteiger partial charge in [-0.3, -0.25) is 14.8 Å². The maximum atomic E-state index is 12.1. The van der Waals surface area contributed by atoms with Gasteiger partial charge in [-0.05, 0) is 35.9 Å². The Labute approximate surface area is 137 Å². The standard InChI is InChI=1S/C16H11Cl2N3O/c17-11-2-3-12(13(18)8-11)16(22)21-9-10-1-4-14-15(7-10)20-6-5-19-14/h1-8H,9H2,(H,21,22). The number of carbonyl (C=O) groups is 1. The zero-order valence-corrected chi connectivity index (χ0v) is 12.9. The van der Waals surface area contributed by atoms with Crippen LogP contribution in [0.25, 0.3) is 11.0 Å². The van der Waals surface area contributed by atoms with Crippen LogP contribution in [-0.4, -0.2) is 15.9 Å². The van der Waals surface area contributed by atoms with Crippen molar-refractivity contribution >= 4 is 40.1 Å². The fraction of sp³-hybridized carbons (Fsp3) is 0.0625. The van der Waals surface area contributed by atoms with Crippen molar-refractivity contribution in [1.29, 1.82) is 0 Å². The Morgan fingerprint density at radius 3 is 2.55 bits per heavy atom.